The van der Waals surface area contributed by atoms with Crippen molar-refractivity contribution in [1.29, 1.82) is 5.41 Å². The highest BCUT2D eigenvalue weighted by Crippen LogP contribution is 2.23. The number of nitrogens with zero attached hydrogens (tertiary/aromatic N) is 2. The van der Waals surface area contributed by atoms with Crippen LogP contribution in [-0.4, -0.2) is 41.7 Å². The molecule has 0 aliphatic rings. The number of carbonyl (C=O) groups excluding carboxylic acids is 1. The number of hydrogen-bond donors (Lipinski definition) is 1. The molecule has 2 aromatic rings. The van der Waals surface area contributed by atoms with E-state index >= 15 is 0 Å². The van der Waals surface area contributed by atoms with Gasteiger partial charge in [0.2, 0.25) is 5.91 Å². The number of nitrogens with one attached hydrogen (secondary N) is 1. The fourth-order valence-corrected chi connectivity index (χ4v) is 3.86. The molecule has 202 valence electrons. The van der Waals surface area contributed by atoms with Crippen LogP contribution in [0.4, 0.5) is 0 Å². The van der Waals surface area contributed by atoms with Crippen LogP contribution in [0.5, 0.6) is 5.75 Å². The van der Waals surface area contributed by atoms with E-state index < -0.39 is 0 Å². The van der Waals surface area contributed by atoms with E-state index in [9.17, 15) is 4.79 Å². The number of benzene rings is 1. The molecule has 0 aliphatic heterocycles. The molecule has 1 aromatic heterocycles. The lowest BCUT2D eigenvalue weighted by Crippen LogP contribution is -2.29. The summed E-state index contributed by atoms with van der Waals surface area (Å²) in [6.07, 6.45) is 6.90. The van der Waals surface area contributed by atoms with Crippen LogP contribution in [0.15, 0.2) is 30.5 Å². The number of carbonyl (C=O) groups is 1. The van der Waals surface area contributed by atoms with Crippen LogP contribution in [0.1, 0.15) is 83.9 Å². The van der Waals surface area contributed by atoms with Gasteiger partial charge in [0.15, 0.2) is 0 Å². The number of methoxy groups -OCH3 is 1. The fourth-order valence-electron chi connectivity index (χ4n) is 3.45. The van der Waals surface area contributed by atoms with Crippen LogP contribution in [0.2, 0.25) is 10.2 Å². The van der Waals surface area contributed by atoms with Crippen LogP contribution in [0.25, 0.3) is 0 Å². The maximum Gasteiger partial charge on any atom is 0.219 e. The quantitative estimate of drug-likeness (QED) is 0.244. The summed E-state index contributed by atoms with van der Waals surface area (Å²) < 4.78 is 5.19. The molecule has 0 bridgehead atoms. The van der Waals surface area contributed by atoms with E-state index in [1.54, 1.807) is 26.3 Å². The van der Waals surface area contributed by atoms with Crippen LogP contribution in [0.3, 0.4) is 0 Å². The molecular weight excluding hydrogens is 493 g/mol. The Kier molecular flexibility index (Phi) is 17.9. The van der Waals surface area contributed by atoms with Crippen molar-refractivity contribution in [3.8, 4) is 5.75 Å². The number of aromatic nitrogens is 1. The van der Waals surface area contributed by atoms with Crippen LogP contribution in [-0.2, 0) is 11.2 Å². The first-order valence-corrected chi connectivity index (χ1v) is 13.6. The third kappa shape index (κ3) is 12.7. The van der Waals surface area contributed by atoms with Gasteiger partial charge in [0, 0.05) is 42.5 Å². The number of halogens is 2. The van der Waals surface area contributed by atoms with Gasteiger partial charge in [0.05, 0.1) is 7.11 Å². The van der Waals surface area contributed by atoms with E-state index in [2.05, 4.69) is 39.6 Å². The number of aryl methyl sites for hydroxylation is 2. The topological polar surface area (TPSA) is 66.3 Å². The van der Waals surface area contributed by atoms with E-state index in [4.69, 9.17) is 33.3 Å². The summed E-state index contributed by atoms with van der Waals surface area (Å²) in [5, 5.41) is 9.23. The average molecular weight is 539 g/mol. The lowest BCUT2D eigenvalue weighted by molar-refractivity contribution is -0.128. The highest BCUT2D eigenvalue weighted by molar-refractivity contribution is 6.30. The smallest absolute Gasteiger partial charge is 0.219 e. The minimum Gasteiger partial charge on any atom is -0.496 e. The molecule has 0 spiro atoms. The van der Waals surface area contributed by atoms with Gasteiger partial charge in [0.1, 0.15) is 10.9 Å². The third-order valence-corrected chi connectivity index (χ3v) is 6.11. The average Bonchev–Trinajstić information content (AvgIpc) is 2.84. The molecule has 1 amide bonds. The van der Waals surface area contributed by atoms with Crippen molar-refractivity contribution < 1.29 is 9.53 Å². The highest BCUT2D eigenvalue weighted by Gasteiger charge is 2.12. The van der Waals surface area contributed by atoms with Crippen molar-refractivity contribution in [2.24, 2.45) is 5.92 Å². The summed E-state index contributed by atoms with van der Waals surface area (Å²) >= 11 is 11.6. The molecule has 2 rings (SSSR count). The van der Waals surface area contributed by atoms with Crippen LogP contribution in [0, 0.1) is 18.3 Å². The Morgan fingerprint density at radius 2 is 1.69 bits per heavy atom. The van der Waals surface area contributed by atoms with Crippen molar-refractivity contribution in [2.75, 3.05) is 20.2 Å². The van der Waals surface area contributed by atoms with Gasteiger partial charge in [0.25, 0.3) is 0 Å². The first-order chi connectivity index (χ1) is 17.1. The fraction of sp³-hybridized carbons (Fsp3) is 0.552. The first-order valence-electron chi connectivity index (χ1n) is 12.8. The SMILES string of the molecule is CCC(C)C(=N)c1cnc(Cl)cc1C.CCCN(CCC)C(C)=O.CCCc1cc(Cl)ccc1OC. The zero-order chi connectivity index (χ0) is 27.7. The summed E-state index contributed by atoms with van der Waals surface area (Å²) in [7, 11) is 1.68. The summed E-state index contributed by atoms with van der Waals surface area (Å²) in [5.41, 5.74) is 3.76. The van der Waals surface area contributed by atoms with E-state index in [1.165, 1.54) is 5.56 Å². The Bertz CT molecular complexity index is 929. The summed E-state index contributed by atoms with van der Waals surface area (Å²) in [6.45, 7) is 15.9. The normalized spacial score (nSPS) is 10.8. The van der Waals surface area contributed by atoms with Crippen molar-refractivity contribution in [3.05, 3.63) is 57.3 Å². The van der Waals surface area contributed by atoms with E-state index in [0.717, 1.165) is 67.1 Å². The van der Waals surface area contributed by atoms with E-state index in [0.29, 0.717) is 10.9 Å². The molecule has 0 radical (unpaired) electrons. The number of pyridine rings is 1. The van der Waals surface area contributed by atoms with E-state index in [1.807, 2.05) is 30.0 Å². The van der Waals surface area contributed by atoms with Crippen molar-refractivity contribution in [3.63, 3.8) is 0 Å². The van der Waals surface area contributed by atoms with Gasteiger partial charge in [-0.1, -0.05) is 64.2 Å². The summed E-state index contributed by atoms with van der Waals surface area (Å²) in [5.74, 6) is 1.40. The Balaban J connectivity index is 0.000000519. The molecule has 0 saturated heterocycles. The van der Waals surface area contributed by atoms with Crippen molar-refractivity contribution >= 4 is 34.8 Å². The largest absolute Gasteiger partial charge is 0.496 e. The second-order valence-electron chi connectivity index (χ2n) is 8.76. The molecule has 0 fully saturated rings. The second-order valence-corrected chi connectivity index (χ2v) is 9.58. The van der Waals surface area contributed by atoms with Gasteiger partial charge in [-0.15, -0.1) is 0 Å². The third-order valence-electron chi connectivity index (χ3n) is 5.67. The molecule has 1 unspecified atom stereocenters. The Morgan fingerprint density at radius 1 is 1.08 bits per heavy atom. The standard InChI is InChI=1S/C11H15ClN2.C10H13ClO.C8H17NO/c1-4-7(2)11(13)9-6-14-10(12)5-8(9)3;1-3-4-8-7-9(11)5-6-10(8)12-2;1-4-6-9(7-5-2)8(3)10/h5-7,13H,4H2,1-3H3;5-7H,3-4H2,1-2H3;4-7H2,1-3H3. The summed E-state index contributed by atoms with van der Waals surface area (Å²) in [6, 6.07) is 7.52. The van der Waals surface area contributed by atoms with Gasteiger partial charge < -0.3 is 15.0 Å². The number of rotatable bonds is 10. The monoisotopic (exact) mass is 537 g/mol. The molecule has 36 heavy (non-hydrogen) atoms. The van der Waals surface area contributed by atoms with Crippen molar-refractivity contribution in [1.82, 2.24) is 9.88 Å². The zero-order valence-electron chi connectivity index (χ0n) is 23.4. The first kappa shape index (κ1) is 33.9. The Labute approximate surface area is 229 Å². The molecule has 0 aliphatic carbocycles. The van der Waals surface area contributed by atoms with E-state index in [-0.39, 0.29) is 11.8 Å². The molecular formula is C29H45Cl2N3O2. The maximum atomic E-state index is 10.8. The molecule has 1 heterocycles. The van der Waals surface area contributed by atoms with Gasteiger partial charge in [-0.05, 0) is 73.9 Å². The van der Waals surface area contributed by atoms with Gasteiger partial charge in [-0.2, -0.15) is 0 Å². The van der Waals surface area contributed by atoms with Gasteiger partial charge in [-0.25, -0.2) is 4.98 Å². The molecule has 5 nitrogen and oxygen atoms in total. The second kappa shape index (κ2) is 19.1. The molecule has 1 atom stereocenters. The predicted molar refractivity (Wildman–Crippen MR) is 155 cm³/mol. The van der Waals surface area contributed by atoms with Crippen LogP contribution >= 0.6 is 23.2 Å². The Hall–Kier alpha value is -2.11. The van der Waals surface area contributed by atoms with Gasteiger partial charge >= 0.3 is 0 Å². The number of amides is 1. The van der Waals surface area contributed by atoms with Crippen LogP contribution < -0.4 is 4.74 Å². The lowest BCUT2D eigenvalue weighted by atomic mass is 9.95. The number of ether oxygens (including phenoxy) is 1. The highest BCUT2D eigenvalue weighted by atomic mass is 35.5. The maximum absolute atomic E-state index is 10.8. The predicted octanol–water partition coefficient (Wildman–Crippen LogP) is 8.41. The minimum atomic E-state index is 0.198. The summed E-state index contributed by atoms with van der Waals surface area (Å²) in [4.78, 5) is 16.7. The minimum absolute atomic E-state index is 0.198. The number of hydrogen-bond acceptors (Lipinski definition) is 4. The molecule has 1 N–H and O–H groups in total. The van der Waals surface area contributed by atoms with Crippen molar-refractivity contribution in [2.45, 2.75) is 80.6 Å². The lowest BCUT2D eigenvalue weighted by Gasteiger charge is -2.18. The molecule has 1 aromatic carbocycles. The van der Waals surface area contributed by atoms with Gasteiger partial charge in [-0.3, -0.25) is 4.79 Å². The Morgan fingerprint density at radius 3 is 2.14 bits per heavy atom. The molecule has 0 saturated carbocycles. The molecule has 7 heteroatoms. The zero-order valence-corrected chi connectivity index (χ0v) is 24.9.